The minimum Gasteiger partial charge on any atom is -0.497 e. The molecule has 0 aliphatic heterocycles. The van der Waals surface area contributed by atoms with Crippen LogP contribution in [0.5, 0.6) is 11.5 Å². The van der Waals surface area contributed by atoms with Crippen molar-refractivity contribution >= 4 is 11.8 Å². The van der Waals surface area contributed by atoms with Gasteiger partial charge in [0.2, 0.25) is 11.8 Å². The van der Waals surface area contributed by atoms with Crippen LogP contribution >= 0.6 is 0 Å². The maximum atomic E-state index is 12.9. The minimum atomic E-state index is -0.535. The highest BCUT2D eigenvalue weighted by Crippen LogP contribution is 2.17. The summed E-state index contributed by atoms with van der Waals surface area (Å²) in [5, 5.41) is 2.88. The van der Waals surface area contributed by atoms with Gasteiger partial charge in [-0.2, -0.15) is 0 Å². The Balaban J connectivity index is 1.92. The highest BCUT2D eigenvalue weighted by Gasteiger charge is 2.25. The highest BCUT2D eigenvalue weighted by molar-refractivity contribution is 5.87. The molecule has 2 aromatic rings. The molecule has 0 radical (unpaired) electrons. The molecule has 1 atom stereocenters. The van der Waals surface area contributed by atoms with Gasteiger partial charge in [0, 0.05) is 19.5 Å². The average Bonchev–Trinajstić information content (AvgIpc) is 2.79. The number of nitrogens with one attached hydrogen (secondary N) is 1. The van der Waals surface area contributed by atoms with Crippen molar-refractivity contribution in [1.29, 1.82) is 0 Å². The first-order chi connectivity index (χ1) is 14.5. The molecule has 6 nitrogen and oxygen atoms in total. The SMILES string of the molecule is CCCNC(=O)[C@@H](C)N(Cc1ccccc1)C(=O)CCCOc1ccc(OC)cc1. The summed E-state index contributed by atoms with van der Waals surface area (Å²) in [5.74, 6) is 1.31. The van der Waals surface area contributed by atoms with Crippen LogP contribution < -0.4 is 14.8 Å². The van der Waals surface area contributed by atoms with Crippen molar-refractivity contribution in [3.05, 3.63) is 60.2 Å². The van der Waals surface area contributed by atoms with Crippen molar-refractivity contribution in [2.75, 3.05) is 20.3 Å². The van der Waals surface area contributed by atoms with Gasteiger partial charge in [0.15, 0.2) is 0 Å². The Morgan fingerprint density at radius 3 is 2.33 bits per heavy atom. The normalized spacial score (nSPS) is 11.4. The molecule has 2 amide bonds. The first-order valence-corrected chi connectivity index (χ1v) is 10.4. The lowest BCUT2D eigenvalue weighted by molar-refractivity contribution is -0.140. The fourth-order valence-electron chi connectivity index (χ4n) is 2.99. The molecule has 0 fully saturated rings. The van der Waals surface area contributed by atoms with E-state index in [1.807, 2.05) is 61.5 Å². The minimum absolute atomic E-state index is 0.0590. The number of benzene rings is 2. The standard InChI is InChI=1S/C24H32N2O4/c1-4-16-25-24(28)19(2)26(18-20-9-6-5-7-10-20)23(27)11-8-17-30-22-14-12-21(29-3)13-15-22/h5-7,9-10,12-15,19H,4,8,11,16-18H2,1-3H3,(H,25,28)/t19-/m1/s1. The van der Waals surface area contributed by atoms with Crippen LogP contribution in [-0.2, 0) is 16.1 Å². The zero-order valence-electron chi connectivity index (χ0n) is 18.1. The zero-order chi connectivity index (χ0) is 21.8. The second-order valence-corrected chi connectivity index (χ2v) is 7.10. The molecule has 30 heavy (non-hydrogen) atoms. The van der Waals surface area contributed by atoms with Crippen LogP contribution in [0.25, 0.3) is 0 Å². The topological polar surface area (TPSA) is 67.9 Å². The molecule has 0 aliphatic carbocycles. The summed E-state index contributed by atoms with van der Waals surface area (Å²) in [7, 11) is 1.62. The quantitative estimate of drug-likeness (QED) is 0.539. The Morgan fingerprint density at radius 2 is 1.70 bits per heavy atom. The maximum Gasteiger partial charge on any atom is 0.242 e. The van der Waals surface area contributed by atoms with Crippen molar-refractivity contribution in [3.8, 4) is 11.5 Å². The first kappa shape index (κ1) is 23.3. The summed E-state index contributed by atoms with van der Waals surface area (Å²) in [5.41, 5.74) is 0.996. The number of ether oxygens (including phenoxy) is 2. The van der Waals surface area contributed by atoms with Crippen molar-refractivity contribution in [3.63, 3.8) is 0 Å². The molecule has 0 heterocycles. The second-order valence-electron chi connectivity index (χ2n) is 7.10. The molecule has 0 aliphatic rings. The number of nitrogens with zero attached hydrogens (tertiary/aromatic N) is 1. The molecule has 2 aromatic carbocycles. The van der Waals surface area contributed by atoms with Gasteiger partial charge < -0.3 is 19.7 Å². The lowest BCUT2D eigenvalue weighted by Crippen LogP contribution is -2.47. The fraction of sp³-hybridized carbons (Fsp3) is 0.417. The zero-order valence-corrected chi connectivity index (χ0v) is 18.1. The molecule has 0 aromatic heterocycles. The third-order valence-electron chi connectivity index (χ3n) is 4.78. The summed E-state index contributed by atoms with van der Waals surface area (Å²) >= 11 is 0. The van der Waals surface area contributed by atoms with Crippen molar-refractivity contribution in [2.45, 2.75) is 45.7 Å². The van der Waals surface area contributed by atoms with Gasteiger partial charge in [0.05, 0.1) is 13.7 Å². The van der Waals surface area contributed by atoms with E-state index in [0.717, 1.165) is 23.5 Å². The molecule has 2 rings (SSSR count). The van der Waals surface area contributed by atoms with E-state index in [2.05, 4.69) is 5.32 Å². The molecule has 0 unspecified atom stereocenters. The van der Waals surface area contributed by atoms with Gasteiger partial charge in [0.25, 0.3) is 0 Å². The van der Waals surface area contributed by atoms with Gasteiger partial charge in [0.1, 0.15) is 17.5 Å². The van der Waals surface area contributed by atoms with Gasteiger partial charge in [-0.1, -0.05) is 37.3 Å². The number of methoxy groups -OCH3 is 1. The molecule has 0 spiro atoms. The van der Waals surface area contributed by atoms with E-state index in [-0.39, 0.29) is 11.8 Å². The van der Waals surface area contributed by atoms with E-state index in [1.54, 1.807) is 18.9 Å². The summed E-state index contributed by atoms with van der Waals surface area (Å²) in [6.07, 6.45) is 1.74. The predicted molar refractivity (Wildman–Crippen MR) is 117 cm³/mol. The van der Waals surface area contributed by atoms with Crippen LogP contribution in [0.1, 0.15) is 38.7 Å². The monoisotopic (exact) mass is 412 g/mol. The summed E-state index contributed by atoms with van der Waals surface area (Å²) in [6, 6.07) is 16.5. The number of carbonyl (C=O) groups excluding carboxylic acids is 2. The number of hydrogen-bond donors (Lipinski definition) is 1. The number of carbonyl (C=O) groups is 2. The predicted octanol–water partition coefficient (Wildman–Crippen LogP) is 3.80. The van der Waals surface area contributed by atoms with Gasteiger partial charge in [-0.05, 0) is 49.6 Å². The van der Waals surface area contributed by atoms with Gasteiger partial charge >= 0.3 is 0 Å². The Labute approximate surface area is 179 Å². The molecular weight excluding hydrogens is 380 g/mol. The van der Waals surface area contributed by atoms with E-state index < -0.39 is 6.04 Å². The lowest BCUT2D eigenvalue weighted by atomic mass is 10.1. The molecule has 6 heteroatoms. The van der Waals surface area contributed by atoms with Gasteiger partial charge in [-0.25, -0.2) is 0 Å². The summed E-state index contributed by atoms with van der Waals surface area (Å²) in [4.78, 5) is 27.0. The molecule has 0 saturated heterocycles. The number of rotatable bonds is 12. The molecule has 1 N–H and O–H groups in total. The average molecular weight is 413 g/mol. The number of amides is 2. The largest absolute Gasteiger partial charge is 0.497 e. The van der Waals surface area contributed by atoms with Crippen LogP contribution in [0.4, 0.5) is 0 Å². The Hall–Kier alpha value is -3.02. The van der Waals surface area contributed by atoms with Crippen LogP contribution in [0.3, 0.4) is 0 Å². The van der Waals surface area contributed by atoms with Crippen molar-refractivity contribution in [1.82, 2.24) is 10.2 Å². The number of hydrogen-bond acceptors (Lipinski definition) is 4. The molecule has 0 bridgehead atoms. The van der Waals surface area contributed by atoms with Crippen LogP contribution in [0.2, 0.25) is 0 Å². The molecular formula is C24H32N2O4. The Morgan fingerprint density at radius 1 is 1.03 bits per heavy atom. The summed E-state index contributed by atoms with van der Waals surface area (Å²) < 4.78 is 10.8. The van der Waals surface area contributed by atoms with Gasteiger partial charge in [-0.3, -0.25) is 9.59 Å². The van der Waals surface area contributed by atoms with E-state index in [9.17, 15) is 9.59 Å². The Kier molecular flexibility index (Phi) is 9.71. The smallest absolute Gasteiger partial charge is 0.242 e. The van der Waals surface area contributed by atoms with E-state index >= 15 is 0 Å². The van der Waals surface area contributed by atoms with Crippen LogP contribution in [0, 0.1) is 0 Å². The van der Waals surface area contributed by atoms with Crippen LogP contribution in [0.15, 0.2) is 54.6 Å². The van der Waals surface area contributed by atoms with E-state index in [1.165, 1.54) is 0 Å². The molecule has 0 saturated carbocycles. The molecule has 162 valence electrons. The van der Waals surface area contributed by atoms with Crippen LogP contribution in [-0.4, -0.2) is 43.0 Å². The second kappa shape index (κ2) is 12.5. The van der Waals surface area contributed by atoms with Crippen molar-refractivity contribution in [2.24, 2.45) is 0 Å². The maximum absolute atomic E-state index is 12.9. The van der Waals surface area contributed by atoms with E-state index in [0.29, 0.717) is 32.5 Å². The third-order valence-corrected chi connectivity index (χ3v) is 4.78. The lowest BCUT2D eigenvalue weighted by Gasteiger charge is -2.29. The highest BCUT2D eigenvalue weighted by atomic mass is 16.5. The summed E-state index contributed by atoms with van der Waals surface area (Å²) in [6.45, 7) is 5.21. The van der Waals surface area contributed by atoms with Crippen molar-refractivity contribution < 1.29 is 19.1 Å². The van der Waals surface area contributed by atoms with Gasteiger partial charge in [-0.15, -0.1) is 0 Å². The Bertz CT molecular complexity index is 778. The third kappa shape index (κ3) is 7.43. The fourth-order valence-corrected chi connectivity index (χ4v) is 2.99. The van der Waals surface area contributed by atoms with E-state index in [4.69, 9.17) is 9.47 Å². The first-order valence-electron chi connectivity index (χ1n) is 10.4.